The van der Waals surface area contributed by atoms with E-state index in [4.69, 9.17) is 12.2 Å². The standard InChI is InChI=1S/C14H12N4OS/c19-10-17-14(20)18(12-4-2-1-3-5-12)13(16-17)11-6-8-15-9-7-11/h1-9,19H,10H2. The van der Waals surface area contributed by atoms with Crippen LogP contribution in [0, 0.1) is 4.77 Å². The lowest BCUT2D eigenvalue weighted by Gasteiger charge is -2.06. The molecule has 0 amide bonds. The number of aromatic nitrogens is 4. The molecule has 6 heteroatoms. The molecule has 0 radical (unpaired) electrons. The van der Waals surface area contributed by atoms with E-state index in [0.717, 1.165) is 11.3 Å². The van der Waals surface area contributed by atoms with Crippen LogP contribution in [-0.2, 0) is 6.73 Å². The Hall–Kier alpha value is -2.31. The van der Waals surface area contributed by atoms with E-state index in [1.165, 1.54) is 4.68 Å². The molecule has 0 spiro atoms. The number of hydrogen-bond donors (Lipinski definition) is 1. The number of aliphatic hydroxyl groups excluding tert-OH is 1. The van der Waals surface area contributed by atoms with E-state index in [1.807, 2.05) is 47.0 Å². The summed E-state index contributed by atoms with van der Waals surface area (Å²) in [4.78, 5) is 4.00. The Bertz CT molecular complexity index is 765. The molecule has 0 unspecified atom stereocenters. The van der Waals surface area contributed by atoms with Crippen molar-refractivity contribution in [3.8, 4) is 17.1 Å². The number of rotatable bonds is 3. The molecule has 3 aromatic rings. The molecule has 0 fully saturated rings. The van der Waals surface area contributed by atoms with Crippen LogP contribution >= 0.6 is 12.2 Å². The molecule has 0 saturated carbocycles. The number of nitrogens with zero attached hydrogens (tertiary/aromatic N) is 4. The smallest absolute Gasteiger partial charge is 0.205 e. The van der Waals surface area contributed by atoms with Gasteiger partial charge >= 0.3 is 0 Å². The lowest BCUT2D eigenvalue weighted by atomic mass is 10.2. The van der Waals surface area contributed by atoms with Crippen LogP contribution in [-0.4, -0.2) is 24.4 Å². The van der Waals surface area contributed by atoms with Crippen molar-refractivity contribution in [1.29, 1.82) is 0 Å². The van der Waals surface area contributed by atoms with Gasteiger partial charge in [-0.2, -0.15) is 0 Å². The van der Waals surface area contributed by atoms with E-state index in [2.05, 4.69) is 10.1 Å². The second-order valence-corrected chi connectivity index (χ2v) is 4.52. The Morgan fingerprint density at radius 2 is 1.75 bits per heavy atom. The van der Waals surface area contributed by atoms with E-state index in [9.17, 15) is 5.11 Å². The van der Waals surface area contributed by atoms with Crippen molar-refractivity contribution >= 4 is 12.2 Å². The van der Waals surface area contributed by atoms with Crippen molar-refractivity contribution in [3.63, 3.8) is 0 Å². The molecule has 20 heavy (non-hydrogen) atoms. The average Bonchev–Trinajstić information content (AvgIpc) is 2.86. The molecule has 0 aliphatic carbocycles. The molecule has 100 valence electrons. The summed E-state index contributed by atoms with van der Waals surface area (Å²) in [5.74, 6) is 0.678. The van der Waals surface area contributed by atoms with Crippen LogP contribution in [0.15, 0.2) is 54.9 Å². The minimum absolute atomic E-state index is 0.253. The third kappa shape index (κ3) is 2.15. The Labute approximate surface area is 120 Å². The Morgan fingerprint density at radius 1 is 1.05 bits per heavy atom. The van der Waals surface area contributed by atoms with Crippen molar-refractivity contribution < 1.29 is 5.11 Å². The zero-order chi connectivity index (χ0) is 13.9. The maximum Gasteiger partial charge on any atom is 0.205 e. The van der Waals surface area contributed by atoms with Gasteiger partial charge < -0.3 is 5.11 Å². The summed E-state index contributed by atoms with van der Waals surface area (Å²) in [5, 5.41) is 13.7. The van der Waals surface area contributed by atoms with E-state index in [1.54, 1.807) is 12.4 Å². The molecule has 1 N–H and O–H groups in total. The summed E-state index contributed by atoms with van der Waals surface area (Å²) in [6.07, 6.45) is 3.40. The molecular weight excluding hydrogens is 272 g/mol. The SMILES string of the molecule is OCn1nc(-c2ccncc2)n(-c2ccccc2)c1=S. The van der Waals surface area contributed by atoms with Gasteiger partial charge in [-0.05, 0) is 36.5 Å². The van der Waals surface area contributed by atoms with E-state index in [0.29, 0.717) is 10.6 Å². The fourth-order valence-corrected chi connectivity index (χ4v) is 2.29. The fraction of sp³-hybridized carbons (Fsp3) is 0.0714. The number of hydrogen-bond acceptors (Lipinski definition) is 4. The molecule has 3 rings (SSSR count). The summed E-state index contributed by atoms with van der Waals surface area (Å²) in [6.45, 7) is -0.253. The first-order valence-corrected chi connectivity index (χ1v) is 6.48. The second kappa shape index (κ2) is 5.36. The monoisotopic (exact) mass is 284 g/mol. The van der Waals surface area contributed by atoms with Gasteiger partial charge in [0.25, 0.3) is 0 Å². The first kappa shape index (κ1) is 12.7. The number of aliphatic hydroxyl groups is 1. The molecule has 1 aromatic carbocycles. The van der Waals surface area contributed by atoms with Crippen molar-refractivity contribution in [3.05, 3.63) is 59.6 Å². The number of benzene rings is 1. The highest BCUT2D eigenvalue weighted by Crippen LogP contribution is 2.21. The Morgan fingerprint density at radius 3 is 2.40 bits per heavy atom. The molecule has 0 aliphatic rings. The zero-order valence-corrected chi connectivity index (χ0v) is 11.4. The Balaban J connectivity index is 2.28. The predicted octanol–water partition coefficient (Wildman–Crippen LogP) is 2.42. The highest BCUT2D eigenvalue weighted by atomic mass is 32.1. The predicted molar refractivity (Wildman–Crippen MR) is 77.8 cm³/mol. The average molecular weight is 284 g/mol. The fourth-order valence-electron chi connectivity index (χ4n) is 2.00. The maximum atomic E-state index is 9.36. The van der Waals surface area contributed by atoms with Crippen LogP contribution in [0.2, 0.25) is 0 Å². The largest absolute Gasteiger partial charge is 0.374 e. The van der Waals surface area contributed by atoms with Crippen LogP contribution in [0.1, 0.15) is 0 Å². The van der Waals surface area contributed by atoms with Gasteiger partial charge in [0.2, 0.25) is 4.77 Å². The second-order valence-electron chi connectivity index (χ2n) is 4.15. The summed E-state index contributed by atoms with van der Waals surface area (Å²) in [6, 6.07) is 13.4. The molecular formula is C14H12N4OS. The summed E-state index contributed by atoms with van der Waals surface area (Å²) < 4.78 is 3.67. The topological polar surface area (TPSA) is 55.9 Å². The first-order chi connectivity index (χ1) is 9.81. The lowest BCUT2D eigenvalue weighted by molar-refractivity contribution is 0.193. The van der Waals surface area contributed by atoms with Crippen LogP contribution in [0.5, 0.6) is 0 Å². The van der Waals surface area contributed by atoms with Gasteiger partial charge in [0.1, 0.15) is 6.73 Å². The highest BCUT2D eigenvalue weighted by molar-refractivity contribution is 7.71. The lowest BCUT2D eigenvalue weighted by Crippen LogP contribution is -2.00. The van der Waals surface area contributed by atoms with E-state index in [-0.39, 0.29) is 6.73 Å². The van der Waals surface area contributed by atoms with Gasteiger partial charge in [-0.3, -0.25) is 9.55 Å². The maximum absolute atomic E-state index is 9.36. The zero-order valence-electron chi connectivity index (χ0n) is 10.5. The van der Waals surface area contributed by atoms with Gasteiger partial charge in [-0.25, -0.2) is 4.68 Å². The highest BCUT2D eigenvalue weighted by Gasteiger charge is 2.13. The van der Waals surface area contributed by atoms with Gasteiger partial charge in [0, 0.05) is 23.6 Å². The van der Waals surface area contributed by atoms with Crippen molar-refractivity contribution in [2.45, 2.75) is 6.73 Å². The van der Waals surface area contributed by atoms with Crippen molar-refractivity contribution in [1.82, 2.24) is 19.3 Å². The normalized spacial score (nSPS) is 10.7. The molecule has 2 heterocycles. The van der Waals surface area contributed by atoms with Gasteiger partial charge in [0.05, 0.1) is 0 Å². The minimum Gasteiger partial charge on any atom is -0.374 e. The van der Waals surface area contributed by atoms with Crippen LogP contribution in [0.3, 0.4) is 0 Å². The first-order valence-electron chi connectivity index (χ1n) is 6.08. The van der Waals surface area contributed by atoms with Gasteiger partial charge in [-0.1, -0.05) is 18.2 Å². The molecule has 0 aliphatic heterocycles. The molecule has 0 atom stereocenters. The molecule has 5 nitrogen and oxygen atoms in total. The van der Waals surface area contributed by atoms with Gasteiger partial charge in [0.15, 0.2) is 5.82 Å². The van der Waals surface area contributed by atoms with Crippen LogP contribution in [0.25, 0.3) is 17.1 Å². The van der Waals surface area contributed by atoms with Crippen molar-refractivity contribution in [2.24, 2.45) is 0 Å². The van der Waals surface area contributed by atoms with E-state index < -0.39 is 0 Å². The molecule has 0 bridgehead atoms. The molecule has 2 aromatic heterocycles. The van der Waals surface area contributed by atoms with Crippen LogP contribution in [0.4, 0.5) is 0 Å². The Kier molecular flexibility index (Phi) is 3.41. The quantitative estimate of drug-likeness (QED) is 0.750. The van der Waals surface area contributed by atoms with Gasteiger partial charge in [-0.15, -0.1) is 5.10 Å². The number of pyridine rings is 1. The van der Waals surface area contributed by atoms with Crippen LogP contribution < -0.4 is 0 Å². The number of para-hydroxylation sites is 1. The minimum atomic E-state index is -0.253. The van der Waals surface area contributed by atoms with Crippen molar-refractivity contribution in [2.75, 3.05) is 0 Å². The third-order valence-corrected chi connectivity index (χ3v) is 3.32. The summed E-state index contributed by atoms with van der Waals surface area (Å²) >= 11 is 5.38. The van der Waals surface area contributed by atoms with E-state index >= 15 is 0 Å². The third-order valence-electron chi connectivity index (χ3n) is 2.93. The summed E-state index contributed by atoms with van der Waals surface area (Å²) in [7, 11) is 0. The molecule has 0 saturated heterocycles. The summed E-state index contributed by atoms with van der Waals surface area (Å²) in [5.41, 5.74) is 1.80.